The number of aliphatic hydroxyl groups excluding tert-OH is 1. The Morgan fingerprint density at radius 2 is 1.77 bits per heavy atom. The zero-order valence-corrected chi connectivity index (χ0v) is 25.1. The summed E-state index contributed by atoms with van der Waals surface area (Å²) in [6.45, 7) is 3.46. The molecule has 1 fully saturated rings. The lowest BCUT2D eigenvalue weighted by Crippen LogP contribution is -2.46. The van der Waals surface area contributed by atoms with Crippen molar-refractivity contribution in [3.05, 3.63) is 73.6 Å². The fourth-order valence-corrected chi connectivity index (χ4v) is 6.32. The summed E-state index contributed by atoms with van der Waals surface area (Å²) in [5.41, 5.74) is 2.71. The molecule has 0 bridgehead atoms. The van der Waals surface area contributed by atoms with E-state index in [1.165, 1.54) is 11.1 Å². The summed E-state index contributed by atoms with van der Waals surface area (Å²) >= 11 is 12.5. The number of aromatic nitrogens is 3. The number of anilines is 1. The van der Waals surface area contributed by atoms with Crippen LogP contribution in [0.1, 0.15) is 39.1 Å². The van der Waals surface area contributed by atoms with Crippen LogP contribution in [0.15, 0.2) is 41.3 Å². The summed E-state index contributed by atoms with van der Waals surface area (Å²) in [5.74, 6) is -0.0910. The average Bonchev–Trinajstić information content (AvgIpc) is 3.48. The first-order valence-corrected chi connectivity index (χ1v) is 14.7. The SMILES string of the molecule is Cc1cc(Cl)c(OCC(O)CNc2cc[nH]c(=O)c2-c2nc3cc4c(cc3[nH]2)C(=O)N(C2CCN(C)CC2)C4=O)c(Cl)c1. The van der Waals surface area contributed by atoms with Crippen LogP contribution < -0.4 is 15.6 Å². The molecule has 13 heteroatoms. The molecule has 11 nitrogen and oxygen atoms in total. The summed E-state index contributed by atoms with van der Waals surface area (Å²) < 4.78 is 5.66. The van der Waals surface area contributed by atoms with E-state index in [1.54, 1.807) is 30.3 Å². The Labute approximate surface area is 256 Å². The van der Waals surface area contributed by atoms with Gasteiger partial charge in [-0.05, 0) is 75.8 Å². The molecule has 4 aromatic rings. The predicted octanol–water partition coefficient (Wildman–Crippen LogP) is 4.08. The third-order valence-electron chi connectivity index (χ3n) is 7.86. The van der Waals surface area contributed by atoms with Gasteiger partial charge in [0.25, 0.3) is 17.4 Å². The highest BCUT2D eigenvalue weighted by Crippen LogP contribution is 2.35. The van der Waals surface area contributed by atoms with Crippen LogP contribution in [0.2, 0.25) is 10.0 Å². The van der Waals surface area contributed by atoms with Crippen molar-refractivity contribution in [3.8, 4) is 17.1 Å². The van der Waals surface area contributed by atoms with Gasteiger partial charge < -0.3 is 30.0 Å². The van der Waals surface area contributed by atoms with Crippen molar-refractivity contribution in [1.29, 1.82) is 0 Å². The molecule has 0 aliphatic carbocycles. The van der Waals surface area contributed by atoms with Gasteiger partial charge >= 0.3 is 0 Å². The first kappa shape index (κ1) is 29.2. The second-order valence-corrected chi connectivity index (χ2v) is 11.8. The Morgan fingerprint density at radius 1 is 1.09 bits per heavy atom. The number of amides is 2. The van der Waals surface area contributed by atoms with Crippen molar-refractivity contribution in [2.75, 3.05) is 38.6 Å². The number of carbonyl (C=O) groups excluding carboxylic acids is 2. The Bertz CT molecular complexity index is 1720. The standard InChI is InChI=1S/C30H30Cl2N6O5/c1-15-9-20(31)26(21(32)10-15)43-14-17(39)13-34-22-3-6-33-28(40)25(22)27-35-23-11-18-19(12-24(23)36-27)30(42)38(29(18)41)16-4-7-37(2)8-5-16/h3,6,9-12,16-17,39H,4-5,7-8,13-14H2,1-2H3,(H,35,36)(H2,33,34,40). The molecule has 4 heterocycles. The summed E-state index contributed by atoms with van der Waals surface area (Å²) in [6, 6.07) is 8.19. The third kappa shape index (κ3) is 5.61. The Morgan fingerprint density at radius 3 is 2.47 bits per heavy atom. The minimum atomic E-state index is -0.969. The number of rotatable bonds is 8. The number of hydrogen-bond donors (Lipinski definition) is 4. The number of likely N-dealkylation sites (tertiary alicyclic amines) is 1. The smallest absolute Gasteiger partial charge is 0.261 e. The van der Waals surface area contributed by atoms with Gasteiger partial charge in [-0.2, -0.15) is 0 Å². The van der Waals surface area contributed by atoms with E-state index in [4.69, 9.17) is 27.9 Å². The largest absolute Gasteiger partial charge is 0.488 e. The normalized spacial score (nSPS) is 16.6. The highest BCUT2D eigenvalue weighted by atomic mass is 35.5. The van der Waals surface area contributed by atoms with E-state index in [1.807, 2.05) is 14.0 Å². The van der Waals surface area contributed by atoms with Crippen LogP contribution in [-0.4, -0.2) is 87.1 Å². The number of H-pyrrole nitrogens is 2. The predicted molar refractivity (Wildman–Crippen MR) is 164 cm³/mol. The van der Waals surface area contributed by atoms with Crippen molar-refractivity contribution >= 4 is 51.7 Å². The number of nitrogens with one attached hydrogen (secondary N) is 3. The molecule has 224 valence electrons. The van der Waals surface area contributed by atoms with Crippen LogP contribution in [0.4, 0.5) is 5.69 Å². The molecule has 2 aliphatic rings. The van der Waals surface area contributed by atoms with E-state index < -0.39 is 11.7 Å². The number of imide groups is 1. The number of carbonyl (C=O) groups is 2. The van der Waals surface area contributed by atoms with E-state index in [9.17, 15) is 19.5 Å². The second kappa shape index (κ2) is 11.6. The number of pyridine rings is 1. The fraction of sp³-hybridized carbons (Fsp3) is 0.333. The summed E-state index contributed by atoms with van der Waals surface area (Å²) in [6.07, 6.45) is 1.99. The molecule has 6 rings (SSSR count). The Hall–Kier alpha value is -3.90. The van der Waals surface area contributed by atoms with E-state index in [0.717, 1.165) is 31.5 Å². The first-order chi connectivity index (χ1) is 20.6. The van der Waals surface area contributed by atoms with Crippen LogP contribution in [-0.2, 0) is 0 Å². The summed E-state index contributed by atoms with van der Waals surface area (Å²) in [5, 5.41) is 14.3. The maximum absolute atomic E-state index is 13.3. The topological polar surface area (TPSA) is 144 Å². The van der Waals surface area contributed by atoms with Gasteiger partial charge in [-0.25, -0.2) is 4.98 Å². The number of piperidine rings is 1. The number of halogens is 2. The second-order valence-electron chi connectivity index (χ2n) is 11.0. The number of aliphatic hydroxyl groups is 1. The average molecular weight is 626 g/mol. The molecule has 1 saturated heterocycles. The van der Waals surface area contributed by atoms with Crippen molar-refractivity contribution in [2.24, 2.45) is 0 Å². The first-order valence-electron chi connectivity index (χ1n) is 13.9. The maximum Gasteiger partial charge on any atom is 0.261 e. The molecule has 0 spiro atoms. The van der Waals surface area contributed by atoms with Gasteiger partial charge in [0.2, 0.25) is 0 Å². The van der Waals surface area contributed by atoms with Gasteiger partial charge in [0.15, 0.2) is 5.75 Å². The quantitative estimate of drug-likeness (QED) is 0.215. The zero-order chi connectivity index (χ0) is 30.4. The van der Waals surface area contributed by atoms with Crippen LogP contribution in [0, 0.1) is 6.92 Å². The lowest BCUT2D eigenvalue weighted by Gasteiger charge is -2.33. The molecule has 0 saturated carbocycles. The molecule has 1 unspecified atom stereocenters. The number of ether oxygens (including phenoxy) is 1. The number of aryl methyl sites for hydroxylation is 1. The van der Waals surface area contributed by atoms with Gasteiger partial charge in [-0.15, -0.1) is 0 Å². The highest BCUT2D eigenvalue weighted by Gasteiger charge is 2.41. The van der Waals surface area contributed by atoms with Crippen molar-refractivity contribution in [2.45, 2.75) is 31.9 Å². The monoisotopic (exact) mass is 624 g/mol. The van der Waals surface area contributed by atoms with E-state index in [2.05, 4.69) is 25.2 Å². The van der Waals surface area contributed by atoms with Crippen molar-refractivity contribution in [1.82, 2.24) is 24.8 Å². The van der Waals surface area contributed by atoms with Gasteiger partial charge in [-0.3, -0.25) is 19.3 Å². The van der Waals surface area contributed by atoms with Gasteiger partial charge in [-0.1, -0.05) is 23.2 Å². The van der Waals surface area contributed by atoms with E-state index in [-0.39, 0.29) is 48.1 Å². The number of benzene rings is 2. The number of hydrogen-bond acceptors (Lipinski definition) is 8. The molecular weight excluding hydrogens is 595 g/mol. The fourth-order valence-electron chi connectivity index (χ4n) is 5.62. The van der Waals surface area contributed by atoms with Gasteiger partial charge in [0.05, 0.1) is 37.9 Å². The zero-order valence-electron chi connectivity index (χ0n) is 23.5. The maximum atomic E-state index is 13.3. The lowest BCUT2D eigenvalue weighted by atomic mass is 10.0. The molecule has 2 amide bonds. The molecular formula is C30H30Cl2N6O5. The van der Waals surface area contributed by atoms with Gasteiger partial charge in [0, 0.05) is 18.8 Å². The van der Waals surface area contributed by atoms with Gasteiger partial charge in [0.1, 0.15) is 24.1 Å². The lowest BCUT2D eigenvalue weighted by molar-refractivity contribution is 0.0516. The third-order valence-corrected chi connectivity index (χ3v) is 8.42. The molecule has 2 aromatic carbocycles. The minimum absolute atomic E-state index is 0.0435. The van der Waals surface area contributed by atoms with Crippen molar-refractivity contribution < 1.29 is 19.4 Å². The van der Waals surface area contributed by atoms with Crippen molar-refractivity contribution in [3.63, 3.8) is 0 Å². The van der Waals surface area contributed by atoms with E-state index in [0.29, 0.717) is 37.9 Å². The number of aromatic amines is 2. The summed E-state index contributed by atoms with van der Waals surface area (Å²) in [4.78, 5) is 53.5. The number of imidazole rings is 1. The number of fused-ring (bicyclic) bond motifs is 2. The molecule has 1 atom stereocenters. The van der Waals surface area contributed by atoms with E-state index >= 15 is 0 Å². The minimum Gasteiger partial charge on any atom is -0.488 e. The van der Waals surface area contributed by atoms with Crippen LogP contribution in [0.5, 0.6) is 5.75 Å². The Kier molecular flexibility index (Phi) is 7.91. The number of nitrogens with zero attached hydrogens (tertiary/aromatic N) is 3. The molecule has 0 radical (unpaired) electrons. The summed E-state index contributed by atoms with van der Waals surface area (Å²) in [7, 11) is 2.03. The molecule has 43 heavy (non-hydrogen) atoms. The van der Waals surface area contributed by atoms with Crippen LogP contribution in [0.3, 0.4) is 0 Å². The Balaban J connectivity index is 1.20. The highest BCUT2D eigenvalue weighted by molar-refractivity contribution is 6.37. The molecule has 4 N–H and O–H groups in total. The van der Waals surface area contributed by atoms with Crippen LogP contribution >= 0.6 is 23.2 Å². The molecule has 2 aliphatic heterocycles. The molecule has 2 aromatic heterocycles. The van der Waals surface area contributed by atoms with Crippen LogP contribution in [0.25, 0.3) is 22.4 Å².